The number of benzene rings is 2. The molecule has 5 aromatic rings. The minimum atomic E-state index is -0.445. The van der Waals surface area contributed by atoms with Crippen molar-refractivity contribution < 1.29 is 4.79 Å². The summed E-state index contributed by atoms with van der Waals surface area (Å²) in [5.74, 6) is 0.334. The summed E-state index contributed by atoms with van der Waals surface area (Å²) in [6.07, 6.45) is 2.33. The molecule has 156 valence electrons. The molecule has 0 spiro atoms. The molecule has 3 heterocycles. The quantitative estimate of drug-likeness (QED) is 0.432. The Labute approximate surface area is 185 Å². The molecule has 32 heavy (non-hydrogen) atoms. The zero-order chi connectivity index (χ0) is 22.1. The second kappa shape index (κ2) is 8.07. The van der Waals surface area contributed by atoms with Crippen molar-refractivity contribution in [3.8, 4) is 22.6 Å². The van der Waals surface area contributed by atoms with Crippen LogP contribution in [0.2, 0.25) is 0 Å². The lowest BCUT2D eigenvalue weighted by atomic mass is 10.0. The van der Waals surface area contributed by atoms with Crippen molar-refractivity contribution >= 4 is 16.8 Å². The van der Waals surface area contributed by atoms with Gasteiger partial charge < -0.3 is 10.7 Å². The van der Waals surface area contributed by atoms with Gasteiger partial charge in [0.1, 0.15) is 5.82 Å². The average molecular weight is 419 g/mol. The summed E-state index contributed by atoms with van der Waals surface area (Å²) in [5.41, 5.74) is 12.2. The number of aromatic amines is 1. The first kappa shape index (κ1) is 19.6. The molecular formula is C26H21N5O. The number of hydrogen-bond donors (Lipinski definition) is 2. The van der Waals surface area contributed by atoms with Gasteiger partial charge in [0, 0.05) is 34.8 Å². The van der Waals surface area contributed by atoms with Crippen LogP contribution in [0.15, 0.2) is 79.0 Å². The number of pyridine rings is 2. The average Bonchev–Trinajstić information content (AvgIpc) is 3.22. The maximum Gasteiger partial charge on any atom is 0.248 e. The Bertz CT molecular complexity index is 1450. The van der Waals surface area contributed by atoms with E-state index in [2.05, 4.69) is 16.0 Å². The first-order chi connectivity index (χ1) is 15.6. The molecule has 0 saturated carbocycles. The predicted molar refractivity (Wildman–Crippen MR) is 125 cm³/mol. The number of carbonyl (C=O) groups is 1. The molecule has 0 saturated heterocycles. The number of H-pyrrole nitrogens is 1. The third-order valence-corrected chi connectivity index (χ3v) is 5.38. The lowest BCUT2D eigenvalue weighted by Gasteiger charge is -2.06. The number of aromatic nitrogens is 4. The highest BCUT2D eigenvalue weighted by Gasteiger charge is 2.18. The fraction of sp³-hybridized carbons (Fsp3) is 0.0769. The fourth-order valence-corrected chi connectivity index (χ4v) is 3.90. The maximum absolute atomic E-state index is 11.6. The first-order valence-electron chi connectivity index (χ1n) is 10.3. The van der Waals surface area contributed by atoms with E-state index in [1.54, 1.807) is 18.3 Å². The number of nitrogens with two attached hydrogens (primary N) is 1. The largest absolute Gasteiger partial charge is 0.366 e. The number of para-hydroxylation sites is 1. The molecule has 1 amide bonds. The molecule has 0 radical (unpaired) electrons. The summed E-state index contributed by atoms with van der Waals surface area (Å²) in [6, 6.07) is 23.2. The molecule has 0 bridgehead atoms. The topological polar surface area (TPSA) is 97.6 Å². The van der Waals surface area contributed by atoms with E-state index >= 15 is 0 Å². The predicted octanol–water partition coefficient (Wildman–Crippen LogP) is 4.69. The van der Waals surface area contributed by atoms with Gasteiger partial charge in [0.25, 0.3) is 0 Å². The van der Waals surface area contributed by atoms with Crippen LogP contribution in [0.4, 0.5) is 0 Å². The number of nitrogens with one attached hydrogen (secondary N) is 1. The van der Waals surface area contributed by atoms with Crippen molar-refractivity contribution in [2.45, 2.75) is 13.3 Å². The Balaban J connectivity index is 1.66. The van der Waals surface area contributed by atoms with Crippen LogP contribution in [0.25, 0.3) is 33.5 Å². The van der Waals surface area contributed by atoms with Gasteiger partial charge in [0.05, 0.1) is 22.6 Å². The minimum absolute atomic E-state index is 0.445. The van der Waals surface area contributed by atoms with E-state index in [0.717, 1.165) is 50.6 Å². The van der Waals surface area contributed by atoms with Crippen LogP contribution < -0.4 is 5.73 Å². The summed E-state index contributed by atoms with van der Waals surface area (Å²) in [4.78, 5) is 29.2. The zero-order valence-corrected chi connectivity index (χ0v) is 17.5. The number of rotatable bonds is 5. The van der Waals surface area contributed by atoms with Crippen LogP contribution in [-0.4, -0.2) is 25.8 Å². The molecule has 0 unspecified atom stereocenters. The molecule has 5 rings (SSSR count). The normalized spacial score (nSPS) is 11.0. The summed E-state index contributed by atoms with van der Waals surface area (Å²) >= 11 is 0. The monoisotopic (exact) mass is 419 g/mol. The van der Waals surface area contributed by atoms with E-state index in [1.807, 2.05) is 61.5 Å². The lowest BCUT2D eigenvalue weighted by molar-refractivity contribution is 0.1000. The van der Waals surface area contributed by atoms with E-state index in [9.17, 15) is 4.79 Å². The van der Waals surface area contributed by atoms with E-state index in [0.29, 0.717) is 12.0 Å². The fourth-order valence-electron chi connectivity index (χ4n) is 3.90. The van der Waals surface area contributed by atoms with Gasteiger partial charge in [0.2, 0.25) is 5.91 Å². The third-order valence-electron chi connectivity index (χ3n) is 5.38. The minimum Gasteiger partial charge on any atom is -0.366 e. The van der Waals surface area contributed by atoms with Crippen LogP contribution in [0, 0.1) is 6.92 Å². The van der Waals surface area contributed by atoms with Crippen LogP contribution in [0.3, 0.4) is 0 Å². The van der Waals surface area contributed by atoms with Gasteiger partial charge in [-0.2, -0.15) is 0 Å². The van der Waals surface area contributed by atoms with Crippen LogP contribution in [0.1, 0.15) is 27.4 Å². The van der Waals surface area contributed by atoms with Crippen molar-refractivity contribution in [1.29, 1.82) is 0 Å². The second-order valence-electron chi connectivity index (χ2n) is 7.69. The molecule has 0 aliphatic carbocycles. The number of carbonyl (C=O) groups excluding carboxylic acids is 1. The number of imidazole rings is 1. The number of hydrogen-bond acceptors (Lipinski definition) is 4. The van der Waals surface area contributed by atoms with Gasteiger partial charge in [-0.3, -0.25) is 14.8 Å². The molecule has 0 atom stereocenters. The van der Waals surface area contributed by atoms with E-state index in [4.69, 9.17) is 15.7 Å². The number of fused-ring (bicyclic) bond motifs is 1. The van der Waals surface area contributed by atoms with Crippen molar-refractivity contribution in [3.63, 3.8) is 0 Å². The number of primary amides is 1. The molecule has 6 heteroatoms. The molecule has 2 aromatic carbocycles. The molecule has 3 N–H and O–H groups in total. The van der Waals surface area contributed by atoms with Crippen molar-refractivity contribution in [1.82, 2.24) is 19.9 Å². The SMILES string of the molecule is Cc1cccc(-c2[nH]c(Cc3cccc(C(N)=O)c3)nc2-c2ccnc3ccccc23)n1. The van der Waals surface area contributed by atoms with Crippen LogP contribution >= 0.6 is 0 Å². The van der Waals surface area contributed by atoms with Gasteiger partial charge in [0.15, 0.2) is 0 Å². The highest BCUT2D eigenvalue weighted by molar-refractivity contribution is 5.96. The third kappa shape index (κ3) is 3.74. The standard InChI is InChI=1S/C26H21N5O/c1-16-6-4-11-22(29-16)25-24(20-12-13-28-21-10-3-2-9-19(20)21)30-23(31-25)15-17-7-5-8-18(14-17)26(27)32/h2-14H,15H2,1H3,(H2,27,32)(H,30,31). The van der Waals surface area contributed by atoms with Crippen LogP contribution in [-0.2, 0) is 6.42 Å². The number of aryl methyl sites for hydroxylation is 1. The molecular weight excluding hydrogens is 398 g/mol. The van der Waals surface area contributed by atoms with Gasteiger partial charge in [-0.1, -0.05) is 36.4 Å². The van der Waals surface area contributed by atoms with Gasteiger partial charge in [-0.15, -0.1) is 0 Å². The second-order valence-corrected chi connectivity index (χ2v) is 7.69. The van der Waals surface area contributed by atoms with Crippen LogP contribution in [0.5, 0.6) is 0 Å². The van der Waals surface area contributed by atoms with Crippen molar-refractivity contribution in [3.05, 3.63) is 102 Å². The maximum atomic E-state index is 11.6. The van der Waals surface area contributed by atoms with Gasteiger partial charge >= 0.3 is 0 Å². The highest BCUT2D eigenvalue weighted by Crippen LogP contribution is 2.33. The summed E-state index contributed by atoms with van der Waals surface area (Å²) < 4.78 is 0. The summed E-state index contributed by atoms with van der Waals surface area (Å²) in [7, 11) is 0. The lowest BCUT2D eigenvalue weighted by Crippen LogP contribution is -2.11. The van der Waals surface area contributed by atoms with Gasteiger partial charge in [-0.05, 0) is 48.9 Å². The molecule has 3 aromatic heterocycles. The molecule has 6 nitrogen and oxygen atoms in total. The Hall–Kier alpha value is -4.32. The summed E-state index contributed by atoms with van der Waals surface area (Å²) in [6.45, 7) is 1.97. The Kier molecular flexibility index (Phi) is 4.95. The molecule has 0 fully saturated rings. The molecule has 0 aliphatic rings. The van der Waals surface area contributed by atoms with E-state index < -0.39 is 5.91 Å². The summed E-state index contributed by atoms with van der Waals surface area (Å²) in [5, 5.41) is 1.03. The van der Waals surface area contributed by atoms with Gasteiger partial charge in [-0.25, -0.2) is 4.98 Å². The highest BCUT2D eigenvalue weighted by atomic mass is 16.1. The smallest absolute Gasteiger partial charge is 0.248 e. The number of nitrogens with zero attached hydrogens (tertiary/aromatic N) is 3. The number of amides is 1. The first-order valence-corrected chi connectivity index (χ1v) is 10.3. The van der Waals surface area contributed by atoms with Crippen molar-refractivity contribution in [2.24, 2.45) is 5.73 Å². The van der Waals surface area contributed by atoms with E-state index in [1.165, 1.54) is 0 Å². The zero-order valence-electron chi connectivity index (χ0n) is 17.5. The van der Waals surface area contributed by atoms with Crippen molar-refractivity contribution in [2.75, 3.05) is 0 Å². The Morgan fingerprint density at radius 1 is 0.969 bits per heavy atom. The van der Waals surface area contributed by atoms with E-state index in [-0.39, 0.29) is 0 Å². The Morgan fingerprint density at radius 3 is 2.66 bits per heavy atom. The molecule has 0 aliphatic heterocycles. The Morgan fingerprint density at radius 2 is 1.81 bits per heavy atom.